The van der Waals surface area contributed by atoms with Crippen molar-refractivity contribution in [2.75, 3.05) is 5.32 Å². The van der Waals surface area contributed by atoms with Gasteiger partial charge in [-0.3, -0.25) is 0 Å². The second-order valence-electron chi connectivity index (χ2n) is 6.23. The first-order valence-corrected chi connectivity index (χ1v) is 9.64. The lowest BCUT2D eigenvalue weighted by Crippen LogP contribution is -2.12. The average Bonchev–Trinajstić information content (AvgIpc) is 3.05. The van der Waals surface area contributed by atoms with Crippen LogP contribution in [0.25, 0.3) is 11.3 Å². The van der Waals surface area contributed by atoms with Crippen LogP contribution in [0.2, 0.25) is 0 Å². The van der Waals surface area contributed by atoms with E-state index in [-0.39, 0.29) is 11.4 Å². The Labute approximate surface area is 159 Å². The van der Waals surface area contributed by atoms with Crippen LogP contribution < -0.4 is 10.5 Å². The molecule has 0 fully saturated rings. The molecule has 0 amide bonds. The highest BCUT2D eigenvalue weighted by Gasteiger charge is 2.29. The molecular weight excluding hydrogens is 393 g/mol. The van der Waals surface area contributed by atoms with E-state index in [0.29, 0.717) is 22.5 Å². The van der Waals surface area contributed by atoms with Gasteiger partial charge < -0.3 is 9.88 Å². The predicted molar refractivity (Wildman–Crippen MR) is 98.8 cm³/mol. The number of aryl methyl sites for hydroxylation is 1. The molecule has 0 spiro atoms. The summed E-state index contributed by atoms with van der Waals surface area (Å²) < 4.78 is 63.0. The molecule has 3 N–H and O–H groups in total. The van der Waals surface area contributed by atoms with Gasteiger partial charge in [0.2, 0.25) is 10.0 Å². The summed E-state index contributed by atoms with van der Waals surface area (Å²) in [4.78, 5) is 4.16. The Kier molecular flexibility index (Phi) is 5.18. The molecule has 0 aliphatic heterocycles. The van der Waals surface area contributed by atoms with Crippen molar-refractivity contribution in [1.82, 2.24) is 9.55 Å². The number of halogens is 3. The minimum absolute atomic E-state index is 0.0618. The normalized spacial score (nSPS) is 12.2. The summed E-state index contributed by atoms with van der Waals surface area (Å²) in [5.74, 6) is 0. The highest BCUT2D eigenvalue weighted by molar-refractivity contribution is 7.89. The van der Waals surface area contributed by atoms with Crippen LogP contribution in [0.1, 0.15) is 11.1 Å². The minimum Gasteiger partial charge on any atom is -0.380 e. The van der Waals surface area contributed by atoms with Crippen LogP contribution in [0.4, 0.5) is 18.9 Å². The zero-order valence-corrected chi connectivity index (χ0v) is 15.6. The molecule has 1 aromatic heterocycles. The predicted octanol–water partition coefficient (Wildman–Crippen LogP) is 3.37. The lowest BCUT2D eigenvalue weighted by Gasteiger charge is -2.13. The molecule has 0 atom stereocenters. The van der Waals surface area contributed by atoms with Gasteiger partial charge in [0.25, 0.3) is 0 Å². The van der Waals surface area contributed by atoms with Gasteiger partial charge in [0.1, 0.15) is 0 Å². The largest absolute Gasteiger partial charge is 0.416 e. The standard InChI is InChI=1S/C18H17F3N4O2S/c1-25-10-17(24-11-25)15-8-14(28(22,26)27)6-7-16(15)23-9-12-2-4-13(5-3-12)18(19,20)21/h2-8,10-11,23H,9H2,1H3,(H2,22,26,27). The number of hydrogen-bond donors (Lipinski definition) is 2. The Bertz CT molecular complexity index is 1090. The van der Waals surface area contributed by atoms with E-state index in [1.54, 1.807) is 30.2 Å². The molecule has 0 bridgehead atoms. The first-order valence-electron chi connectivity index (χ1n) is 8.09. The summed E-state index contributed by atoms with van der Waals surface area (Å²) in [5.41, 5.74) is 1.53. The fraction of sp³-hybridized carbons (Fsp3) is 0.167. The van der Waals surface area contributed by atoms with Gasteiger partial charge >= 0.3 is 6.18 Å². The van der Waals surface area contributed by atoms with Crippen molar-refractivity contribution >= 4 is 15.7 Å². The summed E-state index contributed by atoms with van der Waals surface area (Å²) >= 11 is 0. The van der Waals surface area contributed by atoms with Crippen LogP contribution in [-0.4, -0.2) is 18.0 Å². The van der Waals surface area contributed by atoms with Gasteiger partial charge in [-0.15, -0.1) is 0 Å². The van der Waals surface area contributed by atoms with E-state index in [9.17, 15) is 21.6 Å². The minimum atomic E-state index is -4.39. The third kappa shape index (κ3) is 4.52. The molecule has 1 heterocycles. The Morgan fingerprint density at radius 1 is 1.14 bits per heavy atom. The number of hydrogen-bond acceptors (Lipinski definition) is 4. The maximum absolute atomic E-state index is 12.7. The summed E-state index contributed by atoms with van der Waals surface area (Å²) in [6.45, 7) is 0.243. The van der Waals surface area contributed by atoms with Gasteiger partial charge in [0.05, 0.1) is 22.5 Å². The van der Waals surface area contributed by atoms with Crippen LogP contribution in [0.15, 0.2) is 59.9 Å². The lowest BCUT2D eigenvalue weighted by atomic mass is 10.1. The van der Waals surface area contributed by atoms with Crippen molar-refractivity contribution in [3.63, 3.8) is 0 Å². The number of benzene rings is 2. The number of imidazole rings is 1. The van der Waals surface area contributed by atoms with Crippen LogP contribution in [0.3, 0.4) is 0 Å². The average molecular weight is 410 g/mol. The van der Waals surface area contributed by atoms with E-state index in [0.717, 1.165) is 12.1 Å². The number of nitrogens with one attached hydrogen (secondary N) is 1. The van der Waals surface area contributed by atoms with E-state index in [2.05, 4.69) is 10.3 Å². The highest BCUT2D eigenvalue weighted by Crippen LogP contribution is 2.31. The molecule has 0 unspecified atom stereocenters. The number of nitrogens with zero attached hydrogens (tertiary/aromatic N) is 2. The van der Waals surface area contributed by atoms with E-state index >= 15 is 0 Å². The molecule has 3 rings (SSSR count). The summed E-state index contributed by atoms with van der Waals surface area (Å²) in [5, 5.41) is 8.32. The fourth-order valence-corrected chi connectivity index (χ4v) is 3.17. The van der Waals surface area contributed by atoms with E-state index in [4.69, 9.17) is 5.14 Å². The van der Waals surface area contributed by atoms with Crippen molar-refractivity contribution < 1.29 is 21.6 Å². The molecule has 148 valence electrons. The van der Waals surface area contributed by atoms with Crippen molar-refractivity contribution in [3.05, 3.63) is 66.1 Å². The second kappa shape index (κ2) is 7.28. The molecule has 0 aliphatic rings. The smallest absolute Gasteiger partial charge is 0.380 e. The number of alkyl halides is 3. The van der Waals surface area contributed by atoms with Gasteiger partial charge in [-0.05, 0) is 35.9 Å². The van der Waals surface area contributed by atoms with E-state index in [1.165, 1.54) is 24.3 Å². The molecular formula is C18H17F3N4O2S. The van der Waals surface area contributed by atoms with Crippen LogP contribution >= 0.6 is 0 Å². The topological polar surface area (TPSA) is 90.0 Å². The number of aromatic nitrogens is 2. The first-order chi connectivity index (χ1) is 13.0. The Morgan fingerprint density at radius 2 is 1.82 bits per heavy atom. The van der Waals surface area contributed by atoms with Gasteiger partial charge in [-0.25, -0.2) is 18.5 Å². The quantitative estimate of drug-likeness (QED) is 0.675. The molecule has 0 aliphatic carbocycles. The number of sulfonamides is 1. The number of rotatable bonds is 5. The molecule has 28 heavy (non-hydrogen) atoms. The molecule has 0 saturated carbocycles. The van der Waals surface area contributed by atoms with Crippen molar-refractivity contribution in [2.45, 2.75) is 17.6 Å². The zero-order chi connectivity index (χ0) is 20.5. The number of primary sulfonamides is 1. The van der Waals surface area contributed by atoms with Crippen molar-refractivity contribution in [1.29, 1.82) is 0 Å². The van der Waals surface area contributed by atoms with Gasteiger partial charge in [-0.2, -0.15) is 13.2 Å². The Hall–Kier alpha value is -2.85. The van der Waals surface area contributed by atoms with Gasteiger partial charge in [-0.1, -0.05) is 12.1 Å². The van der Waals surface area contributed by atoms with Gasteiger partial charge in [0.15, 0.2) is 0 Å². The highest BCUT2D eigenvalue weighted by atomic mass is 32.2. The van der Waals surface area contributed by atoms with E-state index < -0.39 is 21.8 Å². The number of nitrogens with two attached hydrogens (primary N) is 1. The monoisotopic (exact) mass is 410 g/mol. The SMILES string of the molecule is Cn1cnc(-c2cc(S(N)(=O)=O)ccc2NCc2ccc(C(F)(F)F)cc2)c1. The maximum atomic E-state index is 12.7. The Balaban J connectivity index is 1.89. The molecule has 3 aromatic rings. The zero-order valence-electron chi connectivity index (χ0n) is 14.7. The molecule has 0 saturated heterocycles. The summed E-state index contributed by atoms with van der Waals surface area (Å²) in [6.07, 6.45) is -1.11. The van der Waals surface area contributed by atoms with Gasteiger partial charge in [0, 0.05) is 31.0 Å². The lowest BCUT2D eigenvalue weighted by molar-refractivity contribution is -0.137. The summed E-state index contributed by atoms with van der Waals surface area (Å²) in [7, 11) is -2.12. The maximum Gasteiger partial charge on any atom is 0.416 e. The van der Waals surface area contributed by atoms with Crippen LogP contribution in [0.5, 0.6) is 0 Å². The van der Waals surface area contributed by atoms with Crippen molar-refractivity contribution in [2.24, 2.45) is 12.2 Å². The number of anilines is 1. The van der Waals surface area contributed by atoms with E-state index in [1.807, 2.05) is 0 Å². The third-order valence-electron chi connectivity index (χ3n) is 4.06. The fourth-order valence-electron chi connectivity index (χ4n) is 2.63. The third-order valence-corrected chi connectivity index (χ3v) is 4.98. The molecule has 0 radical (unpaired) electrons. The molecule has 6 nitrogen and oxygen atoms in total. The Morgan fingerprint density at radius 3 is 2.36 bits per heavy atom. The van der Waals surface area contributed by atoms with Crippen molar-refractivity contribution in [3.8, 4) is 11.3 Å². The van der Waals surface area contributed by atoms with Crippen LogP contribution in [0, 0.1) is 0 Å². The summed E-state index contributed by atoms with van der Waals surface area (Å²) in [6, 6.07) is 9.11. The second-order valence-corrected chi connectivity index (χ2v) is 7.79. The first kappa shape index (κ1) is 19.9. The molecule has 2 aromatic carbocycles. The molecule has 10 heteroatoms. The van der Waals surface area contributed by atoms with Crippen LogP contribution in [-0.2, 0) is 29.8 Å².